The first-order valence-electron chi connectivity index (χ1n) is 6.61. The van der Waals surface area contributed by atoms with Gasteiger partial charge >= 0.3 is 5.69 Å². The summed E-state index contributed by atoms with van der Waals surface area (Å²) in [5.74, 6) is -1.11. The zero-order valence-electron chi connectivity index (χ0n) is 11.7. The SMILES string of the molecule is O=C(CCl)C(O)[C@H]1O[C@@H](n2cc(/C=C/Br)c(=O)[nH]c2=O)C[C@@H]1O. The second kappa shape index (κ2) is 7.54. The number of alkyl halides is 1. The van der Waals surface area contributed by atoms with Crippen molar-refractivity contribution >= 4 is 39.4 Å². The summed E-state index contributed by atoms with van der Waals surface area (Å²) in [6.07, 6.45) is -2.19. The number of aromatic amines is 1. The summed E-state index contributed by atoms with van der Waals surface area (Å²) in [5.41, 5.74) is -1.10. The molecule has 0 radical (unpaired) electrons. The number of carbonyl (C=O) groups is 1. The van der Waals surface area contributed by atoms with Gasteiger partial charge in [0.1, 0.15) is 18.4 Å². The lowest BCUT2D eigenvalue weighted by Gasteiger charge is -2.19. The number of nitrogens with one attached hydrogen (secondary N) is 1. The summed E-state index contributed by atoms with van der Waals surface area (Å²) in [5, 5.41) is 19.8. The van der Waals surface area contributed by atoms with Crippen LogP contribution in [0.1, 0.15) is 18.2 Å². The maximum absolute atomic E-state index is 11.9. The summed E-state index contributed by atoms with van der Waals surface area (Å²) in [4.78, 5) is 38.6. The van der Waals surface area contributed by atoms with Crippen molar-refractivity contribution in [2.24, 2.45) is 0 Å². The third-order valence-electron chi connectivity index (χ3n) is 3.46. The highest BCUT2D eigenvalue weighted by Gasteiger charge is 2.42. The number of ketones is 1. The molecule has 1 aromatic rings. The van der Waals surface area contributed by atoms with Crippen molar-refractivity contribution in [3.8, 4) is 0 Å². The minimum absolute atomic E-state index is 0.0271. The minimum Gasteiger partial charge on any atom is -0.390 e. The Balaban J connectivity index is 2.31. The number of hydrogen-bond donors (Lipinski definition) is 3. The first-order chi connectivity index (χ1) is 10.9. The van der Waals surface area contributed by atoms with E-state index in [-0.39, 0.29) is 12.0 Å². The molecule has 126 valence electrons. The molecule has 0 amide bonds. The third-order valence-corrected chi connectivity index (χ3v) is 3.99. The fraction of sp³-hybridized carbons (Fsp3) is 0.462. The Morgan fingerprint density at radius 3 is 2.91 bits per heavy atom. The molecular weight excluding hydrogens is 396 g/mol. The fourth-order valence-corrected chi connectivity index (χ4v) is 2.74. The van der Waals surface area contributed by atoms with E-state index in [1.165, 1.54) is 17.3 Å². The highest BCUT2D eigenvalue weighted by Crippen LogP contribution is 2.29. The van der Waals surface area contributed by atoms with Gasteiger partial charge in [-0.05, 0) is 11.1 Å². The van der Waals surface area contributed by atoms with Crippen molar-refractivity contribution < 1.29 is 19.7 Å². The Morgan fingerprint density at radius 1 is 1.61 bits per heavy atom. The van der Waals surface area contributed by atoms with E-state index in [0.717, 1.165) is 4.57 Å². The molecule has 1 aliphatic rings. The maximum Gasteiger partial charge on any atom is 0.330 e. The average Bonchev–Trinajstić information content (AvgIpc) is 2.90. The number of Topliss-reactive ketones (excluding diaryl/α,β-unsaturated/α-hetero) is 1. The zero-order valence-corrected chi connectivity index (χ0v) is 14.0. The molecule has 1 aliphatic heterocycles. The van der Waals surface area contributed by atoms with Crippen LogP contribution in [0.15, 0.2) is 20.8 Å². The third kappa shape index (κ3) is 3.81. The van der Waals surface area contributed by atoms with Gasteiger partial charge in [-0.3, -0.25) is 19.1 Å². The summed E-state index contributed by atoms with van der Waals surface area (Å²) < 4.78 is 6.51. The Morgan fingerprint density at radius 2 is 2.30 bits per heavy atom. The van der Waals surface area contributed by atoms with Crippen molar-refractivity contribution in [1.82, 2.24) is 9.55 Å². The van der Waals surface area contributed by atoms with Gasteiger partial charge in [-0.1, -0.05) is 15.9 Å². The summed E-state index contributed by atoms with van der Waals surface area (Å²) in [6.45, 7) is 0. The molecule has 4 atom stereocenters. The minimum atomic E-state index is -1.59. The van der Waals surface area contributed by atoms with Crippen LogP contribution in [-0.4, -0.2) is 49.7 Å². The van der Waals surface area contributed by atoms with Crippen LogP contribution in [0.3, 0.4) is 0 Å². The normalized spacial score (nSPS) is 25.8. The van der Waals surface area contributed by atoms with Crippen LogP contribution in [0, 0.1) is 0 Å². The molecule has 0 spiro atoms. The topological polar surface area (TPSA) is 122 Å². The molecule has 8 nitrogen and oxygen atoms in total. The van der Waals surface area contributed by atoms with Gasteiger partial charge in [0, 0.05) is 12.6 Å². The quantitative estimate of drug-likeness (QED) is 0.575. The zero-order chi connectivity index (χ0) is 17.1. The van der Waals surface area contributed by atoms with E-state index < -0.39 is 47.5 Å². The number of rotatable bonds is 5. The van der Waals surface area contributed by atoms with Crippen LogP contribution in [0.25, 0.3) is 6.08 Å². The van der Waals surface area contributed by atoms with Crippen LogP contribution in [0.4, 0.5) is 0 Å². The molecule has 0 aliphatic carbocycles. The molecule has 10 heteroatoms. The number of nitrogens with zero attached hydrogens (tertiary/aromatic N) is 1. The number of ether oxygens (including phenoxy) is 1. The highest BCUT2D eigenvalue weighted by molar-refractivity contribution is 9.11. The molecular formula is C13H14BrClN2O6. The molecule has 0 aromatic carbocycles. The van der Waals surface area contributed by atoms with E-state index in [4.69, 9.17) is 16.3 Å². The number of H-pyrrole nitrogens is 1. The van der Waals surface area contributed by atoms with Gasteiger partial charge in [-0.15, -0.1) is 11.6 Å². The molecule has 3 N–H and O–H groups in total. The van der Waals surface area contributed by atoms with Gasteiger partial charge in [0.05, 0.1) is 17.5 Å². The first-order valence-corrected chi connectivity index (χ1v) is 8.06. The van der Waals surface area contributed by atoms with Gasteiger partial charge < -0.3 is 14.9 Å². The second-order valence-electron chi connectivity index (χ2n) is 4.95. The number of halogens is 2. The molecule has 2 rings (SSSR count). The number of aromatic nitrogens is 2. The molecule has 1 aromatic heterocycles. The molecule has 0 bridgehead atoms. The van der Waals surface area contributed by atoms with Crippen molar-refractivity contribution in [2.75, 3.05) is 5.88 Å². The molecule has 1 fully saturated rings. The smallest absolute Gasteiger partial charge is 0.330 e. The number of carbonyl (C=O) groups excluding carboxylic acids is 1. The summed E-state index contributed by atoms with van der Waals surface area (Å²) in [7, 11) is 0. The number of hydrogen-bond acceptors (Lipinski definition) is 6. The molecule has 23 heavy (non-hydrogen) atoms. The predicted molar refractivity (Wildman–Crippen MR) is 85.6 cm³/mol. The monoisotopic (exact) mass is 408 g/mol. The van der Waals surface area contributed by atoms with Gasteiger partial charge in [0.2, 0.25) is 0 Å². The largest absolute Gasteiger partial charge is 0.390 e. The van der Waals surface area contributed by atoms with Crippen LogP contribution < -0.4 is 11.2 Å². The van der Waals surface area contributed by atoms with Crippen molar-refractivity contribution in [2.45, 2.75) is 31.0 Å². The standard InChI is InChI=1S/C13H14BrClN2O6/c14-2-1-6-5-17(13(22)16-12(6)21)9-3-7(18)11(23-9)10(20)8(19)4-15/h1-2,5,7,9-11,18,20H,3-4H2,(H,16,21,22)/b2-1+/t7-,9+,10?,11-/m0/s1. The van der Waals surface area contributed by atoms with Crippen LogP contribution in [-0.2, 0) is 9.53 Å². The van der Waals surface area contributed by atoms with Gasteiger partial charge in [-0.2, -0.15) is 0 Å². The highest BCUT2D eigenvalue weighted by atomic mass is 79.9. The molecule has 2 heterocycles. The number of aliphatic hydroxyl groups is 2. The second-order valence-corrected chi connectivity index (χ2v) is 5.74. The summed E-state index contributed by atoms with van der Waals surface area (Å²) in [6, 6.07) is 0. The first kappa shape index (κ1) is 18.1. The van der Waals surface area contributed by atoms with E-state index in [9.17, 15) is 24.6 Å². The van der Waals surface area contributed by atoms with Crippen molar-refractivity contribution in [3.05, 3.63) is 37.6 Å². The number of aliphatic hydroxyl groups excluding tert-OH is 2. The fourth-order valence-electron chi connectivity index (χ4n) is 2.30. The Kier molecular flexibility index (Phi) is 5.93. The van der Waals surface area contributed by atoms with E-state index >= 15 is 0 Å². The van der Waals surface area contributed by atoms with E-state index in [2.05, 4.69) is 20.9 Å². The summed E-state index contributed by atoms with van der Waals surface area (Å²) >= 11 is 8.40. The Hall–Kier alpha value is -1.26. The van der Waals surface area contributed by atoms with Gasteiger partial charge in [-0.25, -0.2) is 4.79 Å². The molecule has 1 unspecified atom stereocenters. The van der Waals surface area contributed by atoms with Crippen molar-refractivity contribution in [1.29, 1.82) is 0 Å². The van der Waals surface area contributed by atoms with Crippen LogP contribution in [0.2, 0.25) is 0 Å². The van der Waals surface area contributed by atoms with Crippen molar-refractivity contribution in [3.63, 3.8) is 0 Å². The van der Waals surface area contributed by atoms with Gasteiger partial charge in [0.15, 0.2) is 5.78 Å². The Bertz CT molecular complexity index is 730. The molecule has 0 saturated carbocycles. The lowest BCUT2D eigenvalue weighted by Crippen LogP contribution is -2.41. The maximum atomic E-state index is 11.9. The molecule has 1 saturated heterocycles. The van der Waals surface area contributed by atoms with Crippen LogP contribution >= 0.6 is 27.5 Å². The average molecular weight is 410 g/mol. The predicted octanol–water partition coefficient (Wildman–Crippen LogP) is -0.281. The van der Waals surface area contributed by atoms with Crippen LogP contribution in [0.5, 0.6) is 0 Å². The van der Waals surface area contributed by atoms with Gasteiger partial charge in [0.25, 0.3) is 5.56 Å². The Labute approximate surface area is 143 Å². The van der Waals surface area contributed by atoms with E-state index in [0.29, 0.717) is 0 Å². The van der Waals surface area contributed by atoms with E-state index in [1.807, 2.05) is 0 Å². The lowest BCUT2D eigenvalue weighted by atomic mass is 10.0. The van der Waals surface area contributed by atoms with E-state index in [1.54, 1.807) is 0 Å². The lowest BCUT2D eigenvalue weighted by molar-refractivity contribution is -0.138.